The quantitative estimate of drug-likeness (QED) is 0.615. The van der Waals surface area contributed by atoms with Crippen LogP contribution in [0.15, 0.2) is 28.8 Å². The molecule has 0 aliphatic rings. The number of aryl methyl sites for hydroxylation is 2. The molecule has 8 heteroatoms. The summed E-state index contributed by atoms with van der Waals surface area (Å²) in [5, 5.41) is 8.85. The smallest absolute Gasteiger partial charge is 0.306 e. The summed E-state index contributed by atoms with van der Waals surface area (Å²) in [7, 11) is 1.89. The molecule has 0 saturated heterocycles. The van der Waals surface area contributed by atoms with E-state index in [0.717, 1.165) is 22.5 Å². The Kier molecular flexibility index (Phi) is 5.37. The number of carbonyl (C=O) groups is 1. The average molecular weight is 375 g/mol. The minimum atomic E-state index is -0.320. The Morgan fingerprint density at radius 1 is 1.27 bits per heavy atom. The highest BCUT2D eigenvalue weighted by molar-refractivity contribution is 6.30. The van der Waals surface area contributed by atoms with Gasteiger partial charge in [0.05, 0.1) is 5.69 Å². The largest absolute Gasteiger partial charge is 0.456 e. The average Bonchev–Trinajstić information content (AvgIpc) is 3.18. The third kappa shape index (κ3) is 4.11. The van der Waals surface area contributed by atoms with Crippen molar-refractivity contribution in [2.75, 3.05) is 0 Å². The Hall–Kier alpha value is -2.67. The Balaban J connectivity index is 1.52. The molecule has 0 aliphatic heterocycles. The standard InChI is InChI=1S/C18H19ClN4O3/c1-11-15(12(2)23(3)21-11)8-9-17(24)25-10-16-20-18(22-26-16)13-4-6-14(19)7-5-13/h4-7H,8-10H2,1-3H3. The molecule has 0 bridgehead atoms. The third-order valence-electron chi connectivity index (χ3n) is 4.17. The highest BCUT2D eigenvalue weighted by atomic mass is 35.5. The van der Waals surface area contributed by atoms with Crippen LogP contribution >= 0.6 is 11.6 Å². The highest BCUT2D eigenvalue weighted by Gasteiger charge is 2.14. The molecule has 0 amide bonds. The molecule has 26 heavy (non-hydrogen) atoms. The molecule has 0 N–H and O–H groups in total. The lowest BCUT2D eigenvalue weighted by molar-refractivity contribution is -0.145. The molecule has 0 spiro atoms. The van der Waals surface area contributed by atoms with Crippen molar-refractivity contribution in [3.8, 4) is 11.4 Å². The van der Waals surface area contributed by atoms with Crippen molar-refractivity contribution in [2.45, 2.75) is 33.3 Å². The second-order valence-corrected chi connectivity index (χ2v) is 6.39. The third-order valence-corrected chi connectivity index (χ3v) is 4.42. The van der Waals surface area contributed by atoms with Crippen LogP contribution in [0.1, 0.15) is 29.3 Å². The van der Waals surface area contributed by atoms with Crippen LogP contribution in [0.3, 0.4) is 0 Å². The number of esters is 1. The first kappa shape index (κ1) is 18.1. The fraction of sp³-hybridized carbons (Fsp3) is 0.333. The van der Waals surface area contributed by atoms with Crippen LogP contribution in [0.4, 0.5) is 0 Å². The Morgan fingerprint density at radius 2 is 2.00 bits per heavy atom. The molecule has 0 radical (unpaired) electrons. The first-order chi connectivity index (χ1) is 12.4. The topological polar surface area (TPSA) is 83.0 Å². The Bertz CT molecular complexity index is 915. The SMILES string of the molecule is Cc1nn(C)c(C)c1CCC(=O)OCc1nc(-c2ccc(Cl)cc2)no1. The molecule has 7 nitrogen and oxygen atoms in total. The molecule has 0 unspecified atom stereocenters. The van der Waals surface area contributed by atoms with E-state index in [4.69, 9.17) is 20.9 Å². The summed E-state index contributed by atoms with van der Waals surface area (Å²) >= 11 is 5.86. The molecule has 1 aromatic carbocycles. The monoisotopic (exact) mass is 374 g/mol. The first-order valence-corrected chi connectivity index (χ1v) is 8.55. The van der Waals surface area contributed by atoms with Crippen molar-refractivity contribution in [3.63, 3.8) is 0 Å². The summed E-state index contributed by atoms with van der Waals surface area (Å²) in [5.41, 5.74) is 3.84. The van der Waals surface area contributed by atoms with E-state index >= 15 is 0 Å². The maximum absolute atomic E-state index is 12.0. The van der Waals surface area contributed by atoms with Gasteiger partial charge >= 0.3 is 5.97 Å². The summed E-state index contributed by atoms with van der Waals surface area (Å²) in [4.78, 5) is 16.2. The number of carbonyl (C=O) groups excluding carboxylic acids is 1. The zero-order chi connectivity index (χ0) is 18.7. The molecular formula is C18H19ClN4O3. The lowest BCUT2D eigenvalue weighted by Gasteiger charge is -2.03. The van der Waals surface area contributed by atoms with Crippen LogP contribution in [0.25, 0.3) is 11.4 Å². The lowest BCUT2D eigenvalue weighted by Crippen LogP contribution is -2.07. The van der Waals surface area contributed by atoms with Gasteiger partial charge in [0.25, 0.3) is 5.89 Å². The van der Waals surface area contributed by atoms with Crippen LogP contribution in [0, 0.1) is 13.8 Å². The van der Waals surface area contributed by atoms with E-state index in [1.807, 2.05) is 25.6 Å². The van der Waals surface area contributed by atoms with Gasteiger partial charge < -0.3 is 9.26 Å². The number of rotatable bonds is 6. The van der Waals surface area contributed by atoms with Crippen molar-refractivity contribution in [1.82, 2.24) is 19.9 Å². The molecule has 3 aromatic rings. The molecule has 2 aromatic heterocycles. The van der Waals surface area contributed by atoms with Gasteiger partial charge in [-0.2, -0.15) is 10.1 Å². The second kappa shape index (κ2) is 7.70. The second-order valence-electron chi connectivity index (χ2n) is 5.95. The number of nitrogens with zero attached hydrogens (tertiary/aromatic N) is 4. The molecule has 0 fully saturated rings. The van der Waals surface area contributed by atoms with Gasteiger partial charge in [-0.1, -0.05) is 16.8 Å². The number of ether oxygens (including phenoxy) is 1. The van der Waals surface area contributed by atoms with Crippen molar-refractivity contribution < 1.29 is 14.1 Å². The maximum atomic E-state index is 12.0. The fourth-order valence-electron chi connectivity index (χ4n) is 2.65. The fourth-order valence-corrected chi connectivity index (χ4v) is 2.78. The van der Waals surface area contributed by atoms with Crippen molar-refractivity contribution in [1.29, 1.82) is 0 Å². The van der Waals surface area contributed by atoms with E-state index < -0.39 is 0 Å². The summed E-state index contributed by atoms with van der Waals surface area (Å²) in [6, 6.07) is 7.08. The predicted molar refractivity (Wildman–Crippen MR) is 95.5 cm³/mol. The van der Waals surface area contributed by atoms with Crippen LogP contribution < -0.4 is 0 Å². The van der Waals surface area contributed by atoms with E-state index in [-0.39, 0.29) is 24.9 Å². The molecule has 0 aliphatic carbocycles. The molecule has 0 saturated carbocycles. The van der Waals surface area contributed by atoms with E-state index in [1.165, 1.54) is 0 Å². The van der Waals surface area contributed by atoms with E-state index in [0.29, 0.717) is 17.3 Å². The highest BCUT2D eigenvalue weighted by Crippen LogP contribution is 2.19. The van der Waals surface area contributed by atoms with Gasteiger partial charge in [0.15, 0.2) is 6.61 Å². The van der Waals surface area contributed by atoms with Crippen molar-refractivity contribution >= 4 is 17.6 Å². The molecular weight excluding hydrogens is 356 g/mol. The molecule has 136 valence electrons. The van der Waals surface area contributed by atoms with E-state index in [1.54, 1.807) is 24.3 Å². The van der Waals surface area contributed by atoms with E-state index in [2.05, 4.69) is 15.2 Å². The lowest BCUT2D eigenvalue weighted by atomic mass is 10.1. The Labute approximate surface area is 155 Å². The van der Waals surface area contributed by atoms with Gasteiger partial charge in [0, 0.05) is 29.7 Å². The number of hydrogen-bond acceptors (Lipinski definition) is 6. The van der Waals surface area contributed by atoms with Gasteiger partial charge in [-0.05, 0) is 50.1 Å². The van der Waals surface area contributed by atoms with Crippen molar-refractivity contribution in [3.05, 3.63) is 52.1 Å². The molecule has 0 atom stereocenters. The van der Waals surface area contributed by atoms with Crippen LogP contribution in [-0.2, 0) is 29.6 Å². The number of hydrogen-bond donors (Lipinski definition) is 0. The number of benzene rings is 1. The van der Waals surface area contributed by atoms with Gasteiger partial charge in [-0.15, -0.1) is 0 Å². The first-order valence-electron chi connectivity index (χ1n) is 8.17. The van der Waals surface area contributed by atoms with Gasteiger partial charge in [-0.25, -0.2) is 0 Å². The summed E-state index contributed by atoms with van der Waals surface area (Å²) in [5.74, 6) is 0.352. The minimum Gasteiger partial charge on any atom is -0.456 e. The van der Waals surface area contributed by atoms with Gasteiger partial charge in [0.1, 0.15) is 0 Å². The number of aromatic nitrogens is 4. The van der Waals surface area contributed by atoms with Crippen LogP contribution in [0.2, 0.25) is 5.02 Å². The molecule has 2 heterocycles. The Morgan fingerprint density at radius 3 is 2.65 bits per heavy atom. The summed E-state index contributed by atoms with van der Waals surface area (Å²) in [6.07, 6.45) is 0.857. The van der Waals surface area contributed by atoms with Crippen molar-refractivity contribution in [2.24, 2.45) is 7.05 Å². The maximum Gasteiger partial charge on any atom is 0.306 e. The summed E-state index contributed by atoms with van der Waals surface area (Å²) < 4.78 is 12.2. The summed E-state index contributed by atoms with van der Waals surface area (Å²) in [6.45, 7) is 3.87. The van der Waals surface area contributed by atoms with E-state index in [9.17, 15) is 4.79 Å². The molecule has 3 rings (SSSR count). The van der Waals surface area contributed by atoms with Gasteiger partial charge in [0.2, 0.25) is 5.82 Å². The van der Waals surface area contributed by atoms with Crippen LogP contribution in [0.5, 0.6) is 0 Å². The number of halogens is 1. The zero-order valence-electron chi connectivity index (χ0n) is 14.8. The van der Waals surface area contributed by atoms with Gasteiger partial charge in [-0.3, -0.25) is 9.48 Å². The predicted octanol–water partition coefficient (Wildman–Crippen LogP) is 3.42. The zero-order valence-corrected chi connectivity index (χ0v) is 15.6. The normalized spacial score (nSPS) is 10.9. The van der Waals surface area contributed by atoms with Crippen LogP contribution in [-0.4, -0.2) is 25.9 Å². The minimum absolute atomic E-state index is 0.0512.